The number of allylic oxidation sites excluding steroid dienone is 2. The fourth-order valence-electron chi connectivity index (χ4n) is 11.4. The zero-order chi connectivity index (χ0) is 72.1. The van der Waals surface area contributed by atoms with Crippen LogP contribution >= 0.6 is 11.8 Å². The molecule has 1 aliphatic heterocycles. The quantitative estimate of drug-likeness (QED) is 0.0862. The van der Waals surface area contributed by atoms with Gasteiger partial charge in [-0.2, -0.15) is 11.8 Å². The average molecular weight is 1340 g/mol. The lowest BCUT2D eigenvalue weighted by molar-refractivity contribution is -0.157. The second-order valence-electron chi connectivity index (χ2n) is 27.8. The van der Waals surface area contributed by atoms with Crippen LogP contribution in [0.1, 0.15) is 156 Å². The molecule has 532 valence electrons. The monoisotopic (exact) mass is 1330 g/mol. The minimum atomic E-state index is -1.70. The van der Waals surface area contributed by atoms with E-state index in [9.17, 15) is 39.0 Å². The van der Waals surface area contributed by atoms with Crippen LogP contribution in [0.3, 0.4) is 0 Å². The molecule has 1 fully saturated rings. The van der Waals surface area contributed by atoms with Gasteiger partial charge in [0.2, 0.25) is 65.0 Å². The van der Waals surface area contributed by atoms with Gasteiger partial charge in [0, 0.05) is 60.8 Å². The maximum Gasteiger partial charge on any atom is 0.321 e. The number of likely N-dealkylation sites (N-methyl/N-ethyl adjacent to an activating group) is 7. The highest BCUT2D eigenvalue weighted by Gasteiger charge is 2.46. The number of nitrogens with two attached hydrogens (primary N) is 1. The molecule has 0 bridgehead atoms. The summed E-state index contributed by atoms with van der Waals surface area (Å²) in [6, 6.07) is -15.9. The van der Waals surface area contributed by atoms with Gasteiger partial charge < -0.3 is 71.5 Å². The Labute approximate surface area is 558 Å². The normalized spacial score (nSPS) is 26.7. The van der Waals surface area contributed by atoms with Crippen molar-refractivity contribution in [1.29, 1.82) is 0 Å². The molecule has 0 aromatic heterocycles. The van der Waals surface area contributed by atoms with Gasteiger partial charge in [0.1, 0.15) is 72.5 Å². The van der Waals surface area contributed by atoms with Crippen LogP contribution in [0.2, 0.25) is 0 Å². The first-order valence-electron chi connectivity index (χ1n) is 32.9. The van der Waals surface area contributed by atoms with Crippen molar-refractivity contribution in [3.63, 3.8) is 0 Å². The van der Waals surface area contributed by atoms with Gasteiger partial charge in [0.05, 0.1) is 6.10 Å². The van der Waals surface area contributed by atoms with E-state index in [1.807, 2.05) is 55.4 Å². The van der Waals surface area contributed by atoms with Gasteiger partial charge in [-0.15, -0.1) is 0 Å². The van der Waals surface area contributed by atoms with Gasteiger partial charge in [-0.3, -0.25) is 57.5 Å². The van der Waals surface area contributed by atoms with Crippen LogP contribution in [0, 0.1) is 41.4 Å². The first kappa shape index (κ1) is 84.7. The van der Waals surface area contributed by atoms with Crippen molar-refractivity contribution >= 4 is 82.7 Å². The summed E-state index contributed by atoms with van der Waals surface area (Å²) in [5.74, 6) is -12.5. The summed E-state index contributed by atoms with van der Waals surface area (Å²) in [5.41, 5.74) is 5.90. The number of aliphatic hydroxyl groups is 1. The number of carboxylic acids is 1. The second-order valence-corrected chi connectivity index (χ2v) is 28.9. The molecular weight excluding hydrogens is 1220 g/mol. The SMILES string of the molecule is C/C=C/C[C@@H](C)[C@@H](O)[C@H]1C(=O)N[C@@H](CC)C(=O)N(C)[C@H](CSC[C@H](N)C(=O)O)C(=O)N(C)[C@@H](CC(C)C)C(=O)N[C@@H](C(C)C)C(=O)N(C)[C@@H](CC(C)C)C(=O)N[C@@H](C)C(=O)N[C@H](C)C(=O)N(C)[C@@H](CC(C)C)C(=O)N(C)[C@@H](CC(C)C)C(=O)N(C)[C@@H](C(C)C)C(=O)N1C. The Bertz CT molecular complexity index is 2590. The molecule has 1 saturated heterocycles. The van der Waals surface area contributed by atoms with E-state index < -0.39 is 167 Å². The number of hydrogen-bond donors (Lipinski definition) is 7. The topological polar surface area (TPSA) is 342 Å². The van der Waals surface area contributed by atoms with Crippen molar-refractivity contribution in [1.82, 2.24) is 55.6 Å². The van der Waals surface area contributed by atoms with Crippen molar-refractivity contribution in [2.75, 3.05) is 60.8 Å². The molecule has 0 radical (unpaired) electrons. The Morgan fingerprint density at radius 2 is 0.892 bits per heavy atom. The average Bonchev–Trinajstić information content (AvgIpc) is 0.835. The summed E-state index contributed by atoms with van der Waals surface area (Å²) < 4.78 is 0. The molecule has 11 amide bonds. The number of carboxylic acid groups (broad SMARTS) is 1. The lowest BCUT2D eigenvalue weighted by Crippen LogP contribution is -2.64. The summed E-state index contributed by atoms with van der Waals surface area (Å²) >= 11 is 0.957. The van der Waals surface area contributed by atoms with E-state index in [-0.39, 0.29) is 73.7 Å². The molecule has 8 N–H and O–H groups in total. The van der Waals surface area contributed by atoms with E-state index in [1.54, 1.807) is 60.6 Å². The number of thioether (sulfide) groups is 1. The maximum atomic E-state index is 15.3. The number of nitrogens with zero attached hydrogens (tertiary/aromatic N) is 7. The molecular formula is C66H118N12O14S. The number of aliphatic hydroxyl groups excluding tert-OH is 1. The second kappa shape index (κ2) is 38.9. The molecule has 0 spiro atoms. The third-order valence-corrected chi connectivity index (χ3v) is 18.4. The number of aliphatic carboxylic acids is 1. The van der Waals surface area contributed by atoms with Crippen LogP contribution in [-0.2, 0) is 57.5 Å². The van der Waals surface area contributed by atoms with Gasteiger partial charge in [-0.25, -0.2) is 0 Å². The standard InChI is InChI=1S/C66H118N12O14S/c1-25-27-28-41(15)54(79)53-58(83)70-45(26-2)60(85)76(22)50(34-93-33-44(67)66(91)92)63(88)72(18)47(30-36(5)6)57(82)71-51(39(11)12)64(89)73(19)46(29-35(3)4)56(81)68-42(16)55(80)69-43(17)59(84)74(20)48(31-37(7)8)61(86)75(21)49(32-38(9)10)62(87)77(23)52(40(13)14)65(90)78(53)24/h25,27,35-54,79H,26,28-34,67H2,1-24H3,(H,68,81)(H,69,80)(H,70,83)(H,71,82)(H,91,92)/b27-25+/t41-,42+,43-,44+,45+,46+,47+,48+,49+,50-,51+,52+,53+,54-/m1/s1. The Balaban J connectivity index is 4.56. The van der Waals surface area contributed by atoms with Crippen LogP contribution in [0.15, 0.2) is 12.2 Å². The highest BCUT2D eigenvalue weighted by molar-refractivity contribution is 7.99. The molecule has 0 unspecified atom stereocenters. The molecule has 26 nitrogen and oxygen atoms in total. The van der Waals surface area contributed by atoms with Crippen LogP contribution in [0.5, 0.6) is 0 Å². The van der Waals surface area contributed by atoms with Crippen LogP contribution in [-0.4, -0.2) is 255 Å². The van der Waals surface area contributed by atoms with Gasteiger partial charge in [-0.05, 0) is 101 Å². The summed E-state index contributed by atoms with van der Waals surface area (Å²) in [6.07, 6.45) is 2.55. The number of carbonyl (C=O) groups excluding carboxylic acids is 11. The lowest BCUT2D eigenvalue weighted by atomic mass is 9.91. The Kier molecular flexibility index (Phi) is 35.4. The van der Waals surface area contributed by atoms with Crippen molar-refractivity contribution in [2.45, 2.75) is 235 Å². The van der Waals surface area contributed by atoms with E-state index in [0.29, 0.717) is 0 Å². The van der Waals surface area contributed by atoms with Crippen molar-refractivity contribution < 1.29 is 67.7 Å². The summed E-state index contributed by atoms with van der Waals surface area (Å²) in [4.78, 5) is 183. The molecule has 14 atom stereocenters. The first-order chi connectivity index (χ1) is 42.9. The van der Waals surface area contributed by atoms with E-state index in [4.69, 9.17) is 5.73 Å². The number of amides is 11. The molecule has 93 heavy (non-hydrogen) atoms. The van der Waals surface area contributed by atoms with E-state index in [0.717, 1.165) is 26.5 Å². The molecule has 1 heterocycles. The van der Waals surface area contributed by atoms with E-state index in [1.165, 1.54) is 82.8 Å². The third kappa shape index (κ3) is 24.1. The van der Waals surface area contributed by atoms with E-state index >= 15 is 28.8 Å². The highest BCUT2D eigenvalue weighted by Crippen LogP contribution is 2.26. The van der Waals surface area contributed by atoms with Crippen LogP contribution in [0.4, 0.5) is 0 Å². The number of hydrogen-bond acceptors (Lipinski definition) is 15. The maximum absolute atomic E-state index is 15.3. The first-order valence-corrected chi connectivity index (χ1v) is 34.0. The van der Waals surface area contributed by atoms with Crippen LogP contribution < -0.4 is 27.0 Å². The molecule has 0 aromatic carbocycles. The summed E-state index contributed by atoms with van der Waals surface area (Å²) in [7, 11) is 9.69. The van der Waals surface area contributed by atoms with Crippen molar-refractivity contribution in [3.05, 3.63) is 12.2 Å². The minimum absolute atomic E-state index is 0.0487. The Morgan fingerprint density at radius 3 is 1.33 bits per heavy atom. The van der Waals surface area contributed by atoms with Gasteiger partial charge in [0.15, 0.2) is 0 Å². The van der Waals surface area contributed by atoms with E-state index in [2.05, 4.69) is 21.3 Å². The predicted octanol–water partition coefficient (Wildman–Crippen LogP) is 2.78. The summed E-state index contributed by atoms with van der Waals surface area (Å²) in [6.45, 7) is 29.4. The number of carbonyl (C=O) groups is 12. The van der Waals surface area contributed by atoms with Gasteiger partial charge in [-0.1, -0.05) is 109 Å². The number of rotatable bonds is 20. The highest BCUT2D eigenvalue weighted by atomic mass is 32.2. The third-order valence-electron chi connectivity index (χ3n) is 17.3. The molecule has 1 aliphatic rings. The minimum Gasteiger partial charge on any atom is -0.480 e. The van der Waals surface area contributed by atoms with Crippen molar-refractivity contribution in [2.24, 2.45) is 47.2 Å². The zero-order valence-electron chi connectivity index (χ0n) is 60.3. The van der Waals surface area contributed by atoms with Gasteiger partial charge >= 0.3 is 5.97 Å². The Morgan fingerprint density at radius 1 is 0.495 bits per heavy atom. The smallest absolute Gasteiger partial charge is 0.321 e. The largest absolute Gasteiger partial charge is 0.480 e. The van der Waals surface area contributed by atoms with Crippen molar-refractivity contribution in [3.8, 4) is 0 Å². The predicted molar refractivity (Wildman–Crippen MR) is 360 cm³/mol. The molecule has 1 rings (SSSR count). The molecule has 27 heteroatoms. The zero-order valence-corrected chi connectivity index (χ0v) is 61.1. The fraction of sp³-hybridized carbons (Fsp3) is 0.788. The Hall–Kier alpha value is -6.35. The van der Waals surface area contributed by atoms with Crippen LogP contribution in [0.25, 0.3) is 0 Å². The fourth-order valence-corrected chi connectivity index (χ4v) is 12.5. The molecule has 0 aliphatic carbocycles. The number of nitrogens with one attached hydrogen (secondary N) is 4. The summed E-state index contributed by atoms with van der Waals surface area (Å²) in [5, 5.41) is 32.9. The molecule has 0 saturated carbocycles. The molecule has 0 aromatic rings. The van der Waals surface area contributed by atoms with Gasteiger partial charge in [0.25, 0.3) is 0 Å². The lowest BCUT2D eigenvalue weighted by Gasteiger charge is -2.41.